The third kappa shape index (κ3) is 1.46. The standard InChI is InChI=1S/C8H11N3O/c9-10-8(11-12-8)6-7-4-2-1-3-5-7/h1-5,10-11H,6,9H2. The predicted molar refractivity (Wildman–Crippen MR) is 44.4 cm³/mol. The van der Waals surface area contributed by atoms with Crippen LogP contribution in [0.4, 0.5) is 0 Å². The van der Waals surface area contributed by atoms with Crippen LogP contribution in [0.25, 0.3) is 0 Å². The molecule has 4 nitrogen and oxygen atoms in total. The fourth-order valence-corrected chi connectivity index (χ4v) is 1.13. The monoisotopic (exact) mass is 165 g/mol. The summed E-state index contributed by atoms with van der Waals surface area (Å²) >= 11 is 0. The lowest BCUT2D eigenvalue weighted by atomic mass is 10.1. The Balaban J connectivity index is 2.04. The molecule has 0 saturated carbocycles. The van der Waals surface area contributed by atoms with Gasteiger partial charge in [0.05, 0.1) is 0 Å². The van der Waals surface area contributed by atoms with Crippen LogP contribution in [0.15, 0.2) is 30.3 Å². The van der Waals surface area contributed by atoms with Crippen LogP contribution < -0.4 is 16.7 Å². The Kier molecular flexibility index (Phi) is 1.82. The van der Waals surface area contributed by atoms with Gasteiger partial charge in [0.2, 0.25) is 5.85 Å². The van der Waals surface area contributed by atoms with Gasteiger partial charge in [0.15, 0.2) is 0 Å². The molecule has 1 atom stereocenters. The topological polar surface area (TPSA) is 72.5 Å². The van der Waals surface area contributed by atoms with E-state index in [1.807, 2.05) is 30.3 Å². The Bertz CT molecular complexity index is 258. The maximum Gasteiger partial charge on any atom is 0.231 e. The van der Waals surface area contributed by atoms with Crippen molar-refractivity contribution in [3.8, 4) is 0 Å². The van der Waals surface area contributed by atoms with Gasteiger partial charge in [0.1, 0.15) is 0 Å². The highest BCUT2D eigenvalue weighted by Gasteiger charge is 2.44. The smallest absolute Gasteiger partial charge is 0.231 e. The van der Waals surface area contributed by atoms with Crippen LogP contribution in [0.5, 0.6) is 0 Å². The Morgan fingerprint density at radius 3 is 2.58 bits per heavy atom. The maximum atomic E-state index is 5.28. The first kappa shape index (κ1) is 7.70. The van der Waals surface area contributed by atoms with Gasteiger partial charge < -0.3 is 0 Å². The summed E-state index contributed by atoms with van der Waals surface area (Å²) in [5.41, 5.74) is 6.46. The Morgan fingerprint density at radius 1 is 1.42 bits per heavy atom. The van der Waals surface area contributed by atoms with E-state index in [2.05, 4.69) is 10.9 Å². The molecule has 1 aliphatic heterocycles. The minimum atomic E-state index is -0.526. The molecule has 1 unspecified atom stereocenters. The van der Waals surface area contributed by atoms with Gasteiger partial charge >= 0.3 is 0 Å². The quantitative estimate of drug-likeness (QED) is 0.332. The van der Waals surface area contributed by atoms with Gasteiger partial charge in [0.25, 0.3) is 0 Å². The molecule has 1 fully saturated rings. The summed E-state index contributed by atoms with van der Waals surface area (Å²) < 4.78 is 0. The molecule has 12 heavy (non-hydrogen) atoms. The van der Waals surface area contributed by atoms with Gasteiger partial charge in [0, 0.05) is 6.42 Å². The lowest BCUT2D eigenvalue weighted by Gasteiger charge is -2.06. The fraction of sp³-hybridized carbons (Fsp3) is 0.250. The van der Waals surface area contributed by atoms with E-state index in [9.17, 15) is 0 Å². The molecule has 0 aromatic heterocycles. The highest BCUT2D eigenvalue weighted by Crippen LogP contribution is 2.19. The van der Waals surface area contributed by atoms with E-state index < -0.39 is 5.85 Å². The number of nitrogens with one attached hydrogen (secondary N) is 2. The largest absolute Gasteiger partial charge is 0.268 e. The van der Waals surface area contributed by atoms with Crippen molar-refractivity contribution in [1.29, 1.82) is 0 Å². The second kappa shape index (κ2) is 2.84. The van der Waals surface area contributed by atoms with E-state index >= 15 is 0 Å². The first-order chi connectivity index (χ1) is 5.85. The second-order valence-electron chi connectivity index (χ2n) is 2.84. The Hall–Kier alpha value is -0.940. The molecule has 64 valence electrons. The summed E-state index contributed by atoms with van der Waals surface area (Å²) in [5, 5.41) is 0. The van der Waals surface area contributed by atoms with Crippen molar-refractivity contribution in [3.63, 3.8) is 0 Å². The zero-order valence-corrected chi connectivity index (χ0v) is 6.58. The molecule has 1 aromatic carbocycles. The molecule has 1 aromatic rings. The second-order valence-corrected chi connectivity index (χ2v) is 2.84. The van der Waals surface area contributed by atoms with Crippen LogP contribution in [0, 0.1) is 0 Å². The summed E-state index contributed by atoms with van der Waals surface area (Å²) in [6.07, 6.45) is 0.727. The molecule has 1 heterocycles. The van der Waals surface area contributed by atoms with Gasteiger partial charge in [-0.05, 0) is 5.56 Å². The van der Waals surface area contributed by atoms with Crippen molar-refractivity contribution in [2.75, 3.05) is 0 Å². The average molecular weight is 165 g/mol. The maximum absolute atomic E-state index is 5.28. The Morgan fingerprint density at radius 2 is 2.08 bits per heavy atom. The van der Waals surface area contributed by atoms with Gasteiger partial charge in [-0.25, -0.2) is 5.43 Å². The van der Waals surface area contributed by atoms with Crippen molar-refractivity contribution in [2.24, 2.45) is 5.84 Å². The summed E-state index contributed by atoms with van der Waals surface area (Å²) in [5.74, 6) is 4.75. The SMILES string of the molecule is NNC1(Cc2ccccc2)NO1. The van der Waals surface area contributed by atoms with Crippen molar-refractivity contribution in [1.82, 2.24) is 10.9 Å². The van der Waals surface area contributed by atoms with Gasteiger partial charge in [-0.3, -0.25) is 10.7 Å². The molecule has 4 N–H and O–H groups in total. The Labute approximate surface area is 70.6 Å². The number of nitrogens with two attached hydrogens (primary N) is 1. The zero-order valence-electron chi connectivity index (χ0n) is 6.58. The van der Waals surface area contributed by atoms with Crippen LogP contribution in [-0.4, -0.2) is 5.85 Å². The van der Waals surface area contributed by atoms with E-state index in [0.717, 1.165) is 6.42 Å². The van der Waals surface area contributed by atoms with Crippen molar-refractivity contribution < 1.29 is 4.84 Å². The number of hydrogen-bond donors (Lipinski definition) is 3. The summed E-state index contributed by atoms with van der Waals surface area (Å²) in [4.78, 5) is 4.96. The average Bonchev–Trinajstić information content (AvgIpc) is 2.88. The number of benzene rings is 1. The van der Waals surface area contributed by atoms with E-state index in [4.69, 9.17) is 10.7 Å². The number of hydroxylamine groups is 1. The molecule has 0 aliphatic carbocycles. The van der Waals surface area contributed by atoms with E-state index in [1.54, 1.807) is 0 Å². The van der Waals surface area contributed by atoms with Crippen molar-refractivity contribution in [3.05, 3.63) is 35.9 Å². The molecule has 0 radical (unpaired) electrons. The first-order valence-corrected chi connectivity index (χ1v) is 3.81. The minimum absolute atomic E-state index is 0.526. The van der Waals surface area contributed by atoms with E-state index in [-0.39, 0.29) is 0 Å². The molecule has 0 amide bonds. The van der Waals surface area contributed by atoms with E-state index in [1.165, 1.54) is 5.56 Å². The fourth-order valence-electron chi connectivity index (χ4n) is 1.13. The summed E-state index contributed by atoms with van der Waals surface area (Å²) in [6.45, 7) is 0. The van der Waals surface area contributed by atoms with Gasteiger partial charge in [-0.15, -0.1) is 0 Å². The summed E-state index contributed by atoms with van der Waals surface area (Å²) in [7, 11) is 0. The summed E-state index contributed by atoms with van der Waals surface area (Å²) in [6, 6.07) is 10.0. The first-order valence-electron chi connectivity index (χ1n) is 3.81. The third-order valence-corrected chi connectivity index (χ3v) is 1.88. The van der Waals surface area contributed by atoms with E-state index in [0.29, 0.717) is 0 Å². The van der Waals surface area contributed by atoms with Gasteiger partial charge in [-0.1, -0.05) is 30.3 Å². The molecule has 2 rings (SSSR count). The molecule has 1 aliphatic rings. The van der Waals surface area contributed by atoms with Gasteiger partial charge in [-0.2, -0.15) is 5.48 Å². The van der Waals surface area contributed by atoms with Crippen LogP contribution in [-0.2, 0) is 11.3 Å². The van der Waals surface area contributed by atoms with Crippen LogP contribution in [0.1, 0.15) is 5.56 Å². The number of rotatable bonds is 3. The lowest BCUT2D eigenvalue weighted by molar-refractivity contribution is 0.250. The van der Waals surface area contributed by atoms with Crippen LogP contribution in [0.2, 0.25) is 0 Å². The predicted octanol–water partition coefficient (Wildman–Crippen LogP) is -0.119. The molecule has 4 heteroatoms. The third-order valence-electron chi connectivity index (χ3n) is 1.88. The van der Waals surface area contributed by atoms with Crippen LogP contribution >= 0.6 is 0 Å². The molecule has 1 saturated heterocycles. The number of hydrazine groups is 1. The highest BCUT2D eigenvalue weighted by molar-refractivity contribution is 5.17. The normalized spacial score (nSPS) is 27.1. The van der Waals surface area contributed by atoms with Crippen molar-refractivity contribution in [2.45, 2.75) is 12.3 Å². The minimum Gasteiger partial charge on any atom is -0.268 e. The van der Waals surface area contributed by atoms with Crippen molar-refractivity contribution >= 4 is 0 Å². The molecule has 0 spiro atoms. The molecule has 0 bridgehead atoms. The highest BCUT2D eigenvalue weighted by atomic mass is 16.8. The van der Waals surface area contributed by atoms with Crippen LogP contribution in [0.3, 0.4) is 0 Å². The zero-order chi connectivity index (χ0) is 8.44. The molecular weight excluding hydrogens is 154 g/mol. The number of hydrogen-bond acceptors (Lipinski definition) is 4. The lowest BCUT2D eigenvalue weighted by Crippen LogP contribution is -2.42. The molecular formula is C8H11N3O.